The van der Waals surface area contributed by atoms with E-state index in [1.807, 2.05) is 68.4 Å². The summed E-state index contributed by atoms with van der Waals surface area (Å²) in [6.07, 6.45) is 1.94. The molecule has 0 aromatic heterocycles. The number of carbonyl (C=O) groups is 2. The van der Waals surface area contributed by atoms with E-state index in [0.29, 0.717) is 26.0 Å². The third-order valence-electron chi connectivity index (χ3n) is 5.91. The van der Waals surface area contributed by atoms with Gasteiger partial charge >= 0.3 is 0 Å². The molecule has 3 aromatic rings. The molecular formula is C30H35FN2O3. The molecule has 1 N–H and O–H groups in total. The van der Waals surface area contributed by atoms with E-state index in [2.05, 4.69) is 5.32 Å². The maximum atomic E-state index is 13.5. The summed E-state index contributed by atoms with van der Waals surface area (Å²) in [7, 11) is 0. The second-order valence-corrected chi connectivity index (χ2v) is 8.91. The molecule has 0 aliphatic heterocycles. The topological polar surface area (TPSA) is 58.6 Å². The van der Waals surface area contributed by atoms with E-state index in [1.54, 1.807) is 17.0 Å². The Kier molecular flexibility index (Phi) is 10.5. The van der Waals surface area contributed by atoms with Gasteiger partial charge in [-0.3, -0.25) is 9.59 Å². The molecule has 1 atom stereocenters. The lowest BCUT2D eigenvalue weighted by atomic mass is 10.0. The molecule has 190 valence electrons. The average molecular weight is 491 g/mol. The Balaban J connectivity index is 1.76. The molecule has 0 fully saturated rings. The van der Waals surface area contributed by atoms with Crippen molar-refractivity contribution in [2.75, 3.05) is 13.2 Å². The molecule has 0 saturated heterocycles. The molecule has 0 aliphatic carbocycles. The normalized spacial score (nSPS) is 11.5. The molecule has 2 amide bonds. The highest BCUT2D eigenvalue weighted by atomic mass is 19.1. The van der Waals surface area contributed by atoms with Crippen LogP contribution in [0.1, 0.15) is 42.9 Å². The molecule has 0 bridgehead atoms. The molecule has 3 rings (SSSR count). The molecule has 0 aliphatic rings. The van der Waals surface area contributed by atoms with Crippen LogP contribution in [0, 0.1) is 12.7 Å². The van der Waals surface area contributed by atoms with E-state index >= 15 is 0 Å². The van der Waals surface area contributed by atoms with Gasteiger partial charge in [-0.2, -0.15) is 0 Å². The number of hydrogen-bond acceptors (Lipinski definition) is 3. The minimum Gasteiger partial charge on any atom is -0.494 e. The Morgan fingerprint density at radius 2 is 1.64 bits per heavy atom. The van der Waals surface area contributed by atoms with Crippen LogP contribution in [0.2, 0.25) is 0 Å². The van der Waals surface area contributed by atoms with Crippen LogP contribution in [0.25, 0.3) is 0 Å². The summed E-state index contributed by atoms with van der Waals surface area (Å²) in [4.78, 5) is 28.4. The van der Waals surface area contributed by atoms with Crippen molar-refractivity contribution in [3.05, 3.63) is 101 Å². The predicted molar refractivity (Wildman–Crippen MR) is 140 cm³/mol. The number of amides is 2. The van der Waals surface area contributed by atoms with Gasteiger partial charge < -0.3 is 15.0 Å². The second kappa shape index (κ2) is 14.0. The lowest BCUT2D eigenvalue weighted by Gasteiger charge is -2.31. The summed E-state index contributed by atoms with van der Waals surface area (Å²) in [6.45, 7) is 5.15. The standard InChI is InChI=1S/C30H35FN2O3/c1-3-19-32-30(35)28(21-24-8-5-4-6-9-24)33(22-25-13-15-26(31)16-14-25)29(34)10-7-20-36-27-17-11-23(2)12-18-27/h4-6,8-9,11-18,28H,3,7,10,19-22H2,1-2H3,(H,32,35)/t28-/m0/s1. The lowest BCUT2D eigenvalue weighted by molar-refractivity contribution is -0.141. The average Bonchev–Trinajstić information content (AvgIpc) is 2.89. The van der Waals surface area contributed by atoms with Crippen LogP contribution in [-0.2, 0) is 22.6 Å². The van der Waals surface area contributed by atoms with Crippen LogP contribution in [0.3, 0.4) is 0 Å². The first kappa shape index (κ1) is 26.9. The number of nitrogens with zero attached hydrogens (tertiary/aromatic N) is 1. The Hall–Kier alpha value is -3.67. The maximum Gasteiger partial charge on any atom is 0.243 e. The number of nitrogens with one attached hydrogen (secondary N) is 1. The molecule has 0 unspecified atom stereocenters. The van der Waals surface area contributed by atoms with Gasteiger partial charge in [0, 0.05) is 25.9 Å². The minimum atomic E-state index is -0.686. The zero-order valence-corrected chi connectivity index (χ0v) is 21.1. The summed E-state index contributed by atoms with van der Waals surface area (Å²) in [5.74, 6) is 0.0926. The molecule has 5 nitrogen and oxygen atoms in total. The van der Waals surface area contributed by atoms with Gasteiger partial charge in [-0.25, -0.2) is 4.39 Å². The number of benzene rings is 3. The molecule has 36 heavy (non-hydrogen) atoms. The fourth-order valence-corrected chi connectivity index (χ4v) is 3.90. The van der Waals surface area contributed by atoms with Gasteiger partial charge in [-0.1, -0.05) is 67.1 Å². The molecule has 0 spiro atoms. The van der Waals surface area contributed by atoms with Gasteiger partial charge in [-0.15, -0.1) is 0 Å². The van der Waals surface area contributed by atoms with Crippen molar-refractivity contribution >= 4 is 11.8 Å². The van der Waals surface area contributed by atoms with Crippen molar-refractivity contribution in [3.8, 4) is 5.75 Å². The number of rotatable bonds is 13. The Morgan fingerprint density at radius 3 is 2.31 bits per heavy atom. The van der Waals surface area contributed by atoms with Gasteiger partial charge in [0.05, 0.1) is 6.61 Å². The van der Waals surface area contributed by atoms with Crippen LogP contribution in [0.15, 0.2) is 78.9 Å². The highest BCUT2D eigenvalue weighted by Gasteiger charge is 2.30. The third-order valence-corrected chi connectivity index (χ3v) is 5.91. The summed E-state index contributed by atoms with van der Waals surface area (Å²) >= 11 is 0. The van der Waals surface area contributed by atoms with E-state index in [1.165, 1.54) is 12.1 Å². The van der Waals surface area contributed by atoms with Crippen LogP contribution < -0.4 is 10.1 Å². The number of hydrogen-bond donors (Lipinski definition) is 1. The van der Waals surface area contributed by atoms with Crippen LogP contribution >= 0.6 is 0 Å². The smallest absolute Gasteiger partial charge is 0.243 e. The SMILES string of the molecule is CCCNC(=O)[C@H](Cc1ccccc1)N(Cc1ccc(F)cc1)C(=O)CCCOc1ccc(C)cc1. The van der Waals surface area contributed by atoms with Gasteiger partial charge in [0.15, 0.2) is 0 Å². The van der Waals surface area contributed by atoms with Crippen molar-refractivity contribution < 1.29 is 18.7 Å². The van der Waals surface area contributed by atoms with Gasteiger partial charge in [0.1, 0.15) is 17.6 Å². The highest BCUT2D eigenvalue weighted by Crippen LogP contribution is 2.18. The van der Waals surface area contributed by atoms with Crippen molar-refractivity contribution in [1.29, 1.82) is 0 Å². The molecule has 0 heterocycles. The zero-order valence-electron chi connectivity index (χ0n) is 21.1. The van der Waals surface area contributed by atoms with E-state index in [4.69, 9.17) is 4.74 Å². The fourth-order valence-electron chi connectivity index (χ4n) is 3.90. The molecule has 0 saturated carbocycles. The minimum absolute atomic E-state index is 0.139. The number of carbonyl (C=O) groups excluding carboxylic acids is 2. The van der Waals surface area contributed by atoms with Crippen molar-refractivity contribution in [2.24, 2.45) is 0 Å². The van der Waals surface area contributed by atoms with E-state index in [0.717, 1.165) is 28.9 Å². The summed E-state index contributed by atoms with van der Waals surface area (Å²) in [5.41, 5.74) is 2.88. The monoisotopic (exact) mass is 490 g/mol. The maximum absolute atomic E-state index is 13.5. The predicted octanol–water partition coefficient (Wildman–Crippen LogP) is 5.46. The fraction of sp³-hybridized carbons (Fsp3) is 0.333. The highest BCUT2D eigenvalue weighted by molar-refractivity contribution is 5.88. The van der Waals surface area contributed by atoms with Crippen molar-refractivity contribution in [1.82, 2.24) is 10.2 Å². The molecule has 6 heteroatoms. The molecule has 3 aromatic carbocycles. The quantitative estimate of drug-likeness (QED) is 0.324. The van der Waals surface area contributed by atoms with Gasteiger partial charge in [0.2, 0.25) is 11.8 Å². The van der Waals surface area contributed by atoms with Crippen molar-refractivity contribution in [3.63, 3.8) is 0 Å². The van der Waals surface area contributed by atoms with Crippen LogP contribution in [-0.4, -0.2) is 35.9 Å². The Morgan fingerprint density at radius 1 is 0.944 bits per heavy atom. The van der Waals surface area contributed by atoms with Crippen LogP contribution in [0.5, 0.6) is 5.75 Å². The largest absolute Gasteiger partial charge is 0.494 e. The second-order valence-electron chi connectivity index (χ2n) is 8.91. The van der Waals surface area contributed by atoms with E-state index in [9.17, 15) is 14.0 Å². The summed E-state index contributed by atoms with van der Waals surface area (Å²) < 4.78 is 19.3. The summed E-state index contributed by atoms with van der Waals surface area (Å²) in [5, 5.41) is 2.96. The van der Waals surface area contributed by atoms with Crippen LogP contribution in [0.4, 0.5) is 4.39 Å². The number of aryl methyl sites for hydroxylation is 1. The summed E-state index contributed by atoms with van der Waals surface area (Å²) in [6, 6.07) is 22.8. The van der Waals surface area contributed by atoms with Crippen molar-refractivity contribution in [2.45, 2.75) is 52.1 Å². The van der Waals surface area contributed by atoms with E-state index in [-0.39, 0.29) is 30.6 Å². The first-order valence-corrected chi connectivity index (χ1v) is 12.5. The zero-order chi connectivity index (χ0) is 25.8. The van der Waals surface area contributed by atoms with Gasteiger partial charge in [-0.05, 0) is 55.2 Å². The third kappa shape index (κ3) is 8.52. The number of ether oxygens (including phenoxy) is 1. The molecular weight excluding hydrogens is 455 g/mol. The number of halogens is 1. The first-order valence-electron chi connectivity index (χ1n) is 12.5. The Bertz CT molecular complexity index is 1090. The molecule has 0 radical (unpaired) electrons. The first-order chi connectivity index (χ1) is 17.5. The lowest BCUT2D eigenvalue weighted by Crippen LogP contribution is -2.50. The van der Waals surface area contributed by atoms with E-state index < -0.39 is 6.04 Å². The van der Waals surface area contributed by atoms with Gasteiger partial charge in [0.25, 0.3) is 0 Å². The Labute approximate surface area is 213 Å².